The number of rotatable bonds is 3. The zero-order valence-electron chi connectivity index (χ0n) is 12.4. The Labute approximate surface area is 132 Å². The highest BCUT2D eigenvalue weighted by Crippen LogP contribution is 2.34. The van der Waals surface area contributed by atoms with Gasteiger partial charge in [-0.25, -0.2) is 4.98 Å². The number of pyridine rings is 1. The molecule has 8 heteroatoms. The Hall–Kier alpha value is -1.05. The van der Waals surface area contributed by atoms with Crippen molar-refractivity contribution in [2.75, 3.05) is 31.1 Å². The molecule has 2 rings (SSSR count). The van der Waals surface area contributed by atoms with Crippen LogP contribution in [-0.4, -0.2) is 53.3 Å². The average Bonchev–Trinajstić information content (AvgIpc) is 2.37. The molecule has 1 aliphatic heterocycles. The molecule has 1 aromatic rings. The molecule has 2 heterocycles. The molecule has 0 bridgehead atoms. The number of alkyl halides is 3. The van der Waals surface area contributed by atoms with Crippen molar-refractivity contribution in [3.05, 3.63) is 22.8 Å². The summed E-state index contributed by atoms with van der Waals surface area (Å²) in [6, 6.07) is 0.966. The Bertz CT molecular complexity index is 525. The lowest BCUT2D eigenvalue weighted by molar-refractivity contribution is -0.137. The molecule has 1 aromatic heterocycles. The molecule has 2 unspecified atom stereocenters. The number of aliphatic hydroxyl groups is 1. The standard InChI is InChI=1S/C14H19ClF3N3O/c1-9-7-20(8-10(2)22)3-4-21(9)13-12(15)5-11(6-19-13)14(16,17)18/h5-6,9-10,22H,3-4,7-8H2,1-2H3. The number of hydrogen-bond acceptors (Lipinski definition) is 4. The van der Waals surface area contributed by atoms with Crippen molar-refractivity contribution in [2.24, 2.45) is 0 Å². The van der Waals surface area contributed by atoms with E-state index in [0.29, 0.717) is 32.0 Å². The van der Waals surface area contributed by atoms with Gasteiger partial charge in [0.25, 0.3) is 0 Å². The molecule has 1 aliphatic rings. The van der Waals surface area contributed by atoms with Crippen LogP contribution in [0.25, 0.3) is 0 Å². The number of aliphatic hydroxyl groups excluding tert-OH is 1. The summed E-state index contributed by atoms with van der Waals surface area (Å²) in [4.78, 5) is 7.93. The molecular weight excluding hydrogens is 319 g/mol. The fourth-order valence-corrected chi connectivity index (χ4v) is 2.96. The minimum Gasteiger partial charge on any atom is -0.392 e. The SMILES string of the molecule is CC(O)CN1CCN(c2ncc(C(F)(F)F)cc2Cl)C(C)C1. The number of anilines is 1. The van der Waals surface area contributed by atoms with Crippen molar-refractivity contribution in [3.8, 4) is 0 Å². The van der Waals surface area contributed by atoms with Crippen LogP contribution in [0.1, 0.15) is 19.4 Å². The first-order chi connectivity index (χ1) is 10.2. The quantitative estimate of drug-likeness (QED) is 0.920. The molecule has 0 radical (unpaired) electrons. The Morgan fingerprint density at radius 2 is 2.14 bits per heavy atom. The van der Waals surface area contributed by atoms with Crippen LogP contribution >= 0.6 is 11.6 Å². The second-order valence-corrected chi connectivity index (χ2v) is 6.09. The first-order valence-electron chi connectivity index (χ1n) is 7.08. The van der Waals surface area contributed by atoms with E-state index in [-0.39, 0.29) is 11.1 Å². The molecular formula is C14H19ClF3N3O. The van der Waals surface area contributed by atoms with Crippen LogP contribution in [0.15, 0.2) is 12.3 Å². The van der Waals surface area contributed by atoms with Gasteiger partial charge >= 0.3 is 6.18 Å². The fourth-order valence-electron chi connectivity index (χ4n) is 2.68. The largest absolute Gasteiger partial charge is 0.417 e. The number of β-amino-alcohol motifs (C(OH)–C–C–N with tert-alkyl or cyclic N) is 1. The molecule has 4 nitrogen and oxygen atoms in total. The van der Waals surface area contributed by atoms with Crippen molar-refractivity contribution >= 4 is 17.4 Å². The molecule has 0 saturated carbocycles. The van der Waals surface area contributed by atoms with Gasteiger partial charge in [-0.2, -0.15) is 13.2 Å². The van der Waals surface area contributed by atoms with E-state index in [1.165, 1.54) is 0 Å². The van der Waals surface area contributed by atoms with Crippen LogP contribution in [-0.2, 0) is 6.18 Å². The van der Waals surface area contributed by atoms with Gasteiger partial charge in [-0.3, -0.25) is 4.90 Å². The van der Waals surface area contributed by atoms with Crippen LogP contribution in [0.4, 0.5) is 19.0 Å². The second-order valence-electron chi connectivity index (χ2n) is 5.68. The maximum atomic E-state index is 12.6. The molecule has 0 spiro atoms. The Balaban J connectivity index is 2.13. The third-order valence-electron chi connectivity index (χ3n) is 3.66. The van der Waals surface area contributed by atoms with Gasteiger partial charge in [-0.05, 0) is 19.9 Å². The average molecular weight is 338 g/mol. The number of hydrogen-bond donors (Lipinski definition) is 1. The van der Waals surface area contributed by atoms with Crippen LogP contribution < -0.4 is 4.90 Å². The summed E-state index contributed by atoms with van der Waals surface area (Å²) >= 11 is 6.00. The van der Waals surface area contributed by atoms with Crippen LogP contribution in [0.3, 0.4) is 0 Å². The van der Waals surface area contributed by atoms with E-state index in [0.717, 1.165) is 12.3 Å². The van der Waals surface area contributed by atoms with Gasteiger partial charge in [0.2, 0.25) is 0 Å². The number of nitrogens with zero attached hydrogens (tertiary/aromatic N) is 3. The predicted octanol–water partition coefficient (Wildman–Crippen LogP) is 2.65. The van der Waals surface area contributed by atoms with Gasteiger partial charge in [0.15, 0.2) is 0 Å². The maximum Gasteiger partial charge on any atom is 0.417 e. The molecule has 2 atom stereocenters. The van der Waals surface area contributed by atoms with E-state index in [2.05, 4.69) is 9.88 Å². The van der Waals surface area contributed by atoms with Crippen molar-refractivity contribution in [2.45, 2.75) is 32.2 Å². The second kappa shape index (κ2) is 6.60. The lowest BCUT2D eigenvalue weighted by atomic mass is 10.1. The van der Waals surface area contributed by atoms with Crippen molar-refractivity contribution in [1.29, 1.82) is 0 Å². The minimum atomic E-state index is -4.45. The summed E-state index contributed by atoms with van der Waals surface area (Å²) in [5.74, 6) is 0.374. The monoisotopic (exact) mass is 337 g/mol. The molecule has 1 fully saturated rings. The highest BCUT2D eigenvalue weighted by molar-refractivity contribution is 6.33. The number of halogens is 4. The lowest BCUT2D eigenvalue weighted by Gasteiger charge is -2.41. The molecule has 22 heavy (non-hydrogen) atoms. The summed E-state index contributed by atoms with van der Waals surface area (Å²) < 4.78 is 37.9. The van der Waals surface area contributed by atoms with E-state index in [1.54, 1.807) is 6.92 Å². The van der Waals surface area contributed by atoms with Crippen LogP contribution in [0, 0.1) is 0 Å². The minimum absolute atomic E-state index is 0.00523. The summed E-state index contributed by atoms with van der Waals surface area (Å²) in [5, 5.41) is 9.43. The highest BCUT2D eigenvalue weighted by atomic mass is 35.5. The summed E-state index contributed by atoms with van der Waals surface area (Å²) in [7, 11) is 0. The summed E-state index contributed by atoms with van der Waals surface area (Å²) in [6.45, 7) is 6.27. The van der Waals surface area contributed by atoms with Crippen molar-refractivity contribution < 1.29 is 18.3 Å². The highest BCUT2D eigenvalue weighted by Gasteiger charge is 2.33. The van der Waals surface area contributed by atoms with Crippen LogP contribution in [0.5, 0.6) is 0 Å². The Morgan fingerprint density at radius 3 is 2.64 bits per heavy atom. The van der Waals surface area contributed by atoms with Crippen molar-refractivity contribution in [1.82, 2.24) is 9.88 Å². The van der Waals surface area contributed by atoms with Gasteiger partial charge in [0, 0.05) is 38.4 Å². The van der Waals surface area contributed by atoms with E-state index in [1.807, 2.05) is 11.8 Å². The molecule has 0 aliphatic carbocycles. The number of piperazine rings is 1. The summed E-state index contributed by atoms with van der Waals surface area (Å²) in [5.41, 5.74) is -0.846. The third kappa shape index (κ3) is 4.02. The van der Waals surface area contributed by atoms with E-state index in [4.69, 9.17) is 11.6 Å². The van der Waals surface area contributed by atoms with Crippen LogP contribution in [0.2, 0.25) is 5.02 Å². The van der Waals surface area contributed by atoms with Gasteiger partial charge in [0.05, 0.1) is 16.7 Å². The van der Waals surface area contributed by atoms with E-state index in [9.17, 15) is 18.3 Å². The molecule has 124 valence electrons. The zero-order valence-corrected chi connectivity index (χ0v) is 13.2. The molecule has 0 aromatic carbocycles. The normalized spacial score (nSPS) is 22.0. The topological polar surface area (TPSA) is 39.6 Å². The molecule has 1 saturated heterocycles. The van der Waals surface area contributed by atoms with Gasteiger partial charge in [-0.1, -0.05) is 11.6 Å². The number of aromatic nitrogens is 1. The Kier molecular flexibility index (Phi) is 5.19. The fraction of sp³-hybridized carbons (Fsp3) is 0.643. The molecule has 1 N–H and O–H groups in total. The molecule has 0 amide bonds. The maximum absolute atomic E-state index is 12.6. The summed E-state index contributed by atoms with van der Waals surface area (Å²) in [6.07, 6.45) is -4.04. The van der Waals surface area contributed by atoms with Gasteiger partial charge in [-0.15, -0.1) is 0 Å². The van der Waals surface area contributed by atoms with Gasteiger partial charge < -0.3 is 10.0 Å². The lowest BCUT2D eigenvalue weighted by Crippen LogP contribution is -2.53. The Morgan fingerprint density at radius 1 is 1.45 bits per heavy atom. The smallest absolute Gasteiger partial charge is 0.392 e. The van der Waals surface area contributed by atoms with E-state index < -0.39 is 17.8 Å². The first kappa shape index (κ1) is 17.3. The predicted molar refractivity (Wildman–Crippen MR) is 79.2 cm³/mol. The zero-order chi connectivity index (χ0) is 16.5. The van der Waals surface area contributed by atoms with Crippen molar-refractivity contribution in [3.63, 3.8) is 0 Å². The van der Waals surface area contributed by atoms with Gasteiger partial charge in [0.1, 0.15) is 5.82 Å². The first-order valence-corrected chi connectivity index (χ1v) is 7.46. The third-order valence-corrected chi connectivity index (χ3v) is 3.93. The van der Waals surface area contributed by atoms with E-state index >= 15 is 0 Å².